The summed E-state index contributed by atoms with van der Waals surface area (Å²) in [4.78, 5) is 1.32. The van der Waals surface area contributed by atoms with Crippen molar-refractivity contribution < 1.29 is 9.47 Å². The molecule has 0 spiro atoms. The molecule has 0 saturated heterocycles. The summed E-state index contributed by atoms with van der Waals surface area (Å²) >= 11 is 7.88. The minimum Gasteiger partial charge on any atom is -0.493 e. The van der Waals surface area contributed by atoms with Crippen LogP contribution < -0.4 is 14.8 Å². The molecule has 114 valence electrons. The van der Waals surface area contributed by atoms with E-state index in [9.17, 15) is 0 Å². The van der Waals surface area contributed by atoms with Crippen molar-refractivity contribution in [1.29, 1.82) is 0 Å². The third-order valence-corrected chi connectivity index (χ3v) is 4.21. The van der Waals surface area contributed by atoms with Crippen molar-refractivity contribution in [2.75, 3.05) is 20.3 Å². The number of thiophene rings is 1. The first-order valence-electron chi connectivity index (χ1n) is 6.97. The predicted molar refractivity (Wildman–Crippen MR) is 88.9 cm³/mol. The largest absolute Gasteiger partial charge is 0.493 e. The highest BCUT2D eigenvalue weighted by atomic mass is 35.5. The maximum atomic E-state index is 6.13. The molecule has 0 unspecified atom stereocenters. The van der Waals surface area contributed by atoms with Gasteiger partial charge in [0.25, 0.3) is 0 Å². The van der Waals surface area contributed by atoms with E-state index in [4.69, 9.17) is 21.1 Å². The molecule has 1 aromatic carbocycles. The maximum absolute atomic E-state index is 6.13. The van der Waals surface area contributed by atoms with Crippen LogP contribution in [0.15, 0.2) is 29.6 Å². The lowest BCUT2D eigenvalue weighted by atomic mass is 10.1. The van der Waals surface area contributed by atoms with Gasteiger partial charge in [-0.2, -0.15) is 0 Å². The van der Waals surface area contributed by atoms with E-state index in [0.29, 0.717) is 23.9 Å². The van der Waals surface area contributed by atoms with Crippen LogP contribution in [0.5, 0.6) is 11.5 Å². The Morgan fingerprint density at radius 3 is 2.86 bits per heavy atom. The quantitative estimate of drug-likeness (QED) is 0.791. The van der Waals surface area contributed by atoms with E-state index in [-0.39, 0.29) is 0 Å². The summed E-state index contributed by atoms with van der Waals surface area (Å²) in [6, 6.07) is 7.89. The summed E-state index contributed by atoms with van der Waals surface area (Å²) < 4.78 is 11.4. The van der Waals surface area contributed by atoms with Gasteiger partial charge >= 0.3 is 0 Å². The number of rotatable bonds is 8. The zero-order chi connectivity index (χ0) is 15.1. The first kappa shape index (κ1) is 16.1. The van der Waals surface area contributed by atoms with Gasteiger partial charge in [-0.1, -0.05) is 24.6 Å². The highest BCUT2D eigenvalue weighted by Gasteiger charge is 2.12. The average molecular weight is 326 g/mol. The normalized spacial score (nSPS) is 10.6. The van der Waals surface area contributed by atoms with Gasteiger partial charge in [0, 0.05) is 34.5 Å². The molecule has 0 amide bonds. The van der Waals surface area contributed by atoms with Gasteiger partial charge < -0.3 is 14.8 Å². The van der Waals surface area contributed by atoms with Gasteiger partial charge in [-0.3, -0.25) is 0 Å². The fourth-order valence-electron chi connectivity index (χ4n) is 2.04. The van der Waals surface area contributed by atoms with Gasteiger partial charge in [0.15, 0.2) is 11.5 Å². The molecule has 0 fully saturated rings. The fraction of sp³-hybridized carbons (Fsp3) is 0.375. The topological polar surface area (TPSA) is 30.5 Å². The van der Waals surface area contributed by atoms with Crippen molar-refractivity contribution in [2.24, 2.45) is 0 Å². The van der Waals surface area contributed by atoms with E-state index in [1.54, 1.807) is 24.5 Å². The summed E-state index contributed by atoms with van der Waals surface area (Å²) in [6.07, 6.45) is 0.893. The summed E-state index contributed by atoms with van der Waals surface area (Å²) in [5, 5.41) is 6.03. The molecule has 0 aliphatic heterocycles. The van der Waals surface area contributed by atoms with Crippen molar-refractivity contribution >= 4 is 22.9 Å². The summed E-state index contributed by atoms with van der Waals surface area (Å²) in [5.41, 5.74) is 1.02. The van der Waals surface area contributed by atoms with E-state index in [0.717, 1.165) is 24.3 Å². The van der Waals surface area contributed by atoms with Crippen molar-refractivity contribution in [1.82, 2.24) is 5.32 Å². The third kappa shape index (κ3) is 4.63. The molecule has 0 aliphatic carbocycles. The highest BCUT2D eigenvalue weighted by Crippen LogP contribution is 2.35. The Hall–Kier alpha value is -1.23. The predicted octanol–water partition coefficient (Wildman–Crippen LogP) is 4.14. The molecule has 21 heavy (non-hydrogen) atoms. The number of hydrogen-bond acceptors (Lipinski definition) is 4. The zero-order valence-electron chi connectivity index (χ0n) is 12.3. The van der Waals surface area contributed by atoms with Gasteiger partial charge in [-0.15, -0.1) is 11.3 Å². The number of ether oxygens (including phenoxy) is 2. The number of methoxy groups -OCH3 is 1. The molecule has 0 aliphatic rings. The Morgan fingerprint density at radius 2 is 2.19 bits per heavy atom. The minimum absolute atomic E-state index is 0.623. The molecule has 0 atom stereocenters. The van der Waals surface area contributed by atoms with Crippen LogP contribution >= 0.6 is 22.9 Å². The van der Waals surface area contributed by atoms with Gasteiger partial charge in [0.05, 0.1) is 13.7 Å². The zero-order valence-corrected chi connectivity index (χ0v) is 13.9. The second-order valence-corrected chi connectivity index (χ2v) is 6.02. The molecule has 1 aromatic heterocycles. The standard InChI is InChI=1S/C16H20ClNO2S/c1-3-18-11-12-9-13(17)10-15(19-2)16(12)20-7-6-14-5-4-8-21-14/h4-5,8-10,18H,3,6-7,11H2,1-2H3. The van der Waals surface area contributed by atoms with Gasteiger partial charge in [-0.25, -0.2) is 0 Å². The molecule has 1 N–H and O–H groups in total. The van der Waals surface area contributed by atoms with Crippen LogP contribution in [0.2, 0.25) is 5.02 Å². The van der Waals surface area contributed by atoms with E-state index < -0.39 is 0 Å². The van der Waals surface area contributed by atoms with Crippen LogP contribution in [0.4, 0.5) is 0 Å². The van der Waals surface area contributed by atoms with Crippen molar-refractivity contribution in [3.63, 3.8) is 0 Å². The van der Waals surface area contributed by atoms with Crippen molar-refractivity contribution in [3.05, 3.63) is 45.1 Å². The number of hydrogen-bond donors (Lipinski definition) is 1. The van der Waals surface area contributed by atoms with Crippen LogP contribution in [0.25, 0.3) is 0 Å². The first-order chi connectivity index (χ1) is 10.2. The summed E-state index contributed by atoms with van der Waals surface area (Å²) in [5.74, 6) is 1.46. The van der Waals surface area contributed by atoms with Crippen LogP contribution in [0.1, 0.15) is 17.4 Å². The van der Waals surface area contributed by atoms with E-state index >= 15 is 0 Å². The molecule has 0 radical (unpaired) electrons. The summed E-state index contributed by atoms with van der Waals surface area (Å²) in [7, 11) is 1.63. The van der Waals surface area contributed by atoms with Gasteiger partial charge in [0.2, 0.25) is 0 Å². The molecular weight excluding hydrogens is 306 g/mol. The third-order valence-electron chi connectivity index (χ3n) is 3.06. The highest BCUT2D eigenvalue weighted by molar-refractivity contribution is 7.09. The second-order valence-electron chi connectivity index (χ2n) is 4.55. The molecule has 2 aromatic rings. The molecule has 0 saturated carbocycles. The fourth-order valence-corrected chi connectivity index (χ4v) is 2.96. The molecule has 2 rings (SSSR count). The Morgan fingerprint density at radius 1 is 1.33 bits per heavy atom. The molecule has 1 heterocycles. The lowest BCUT2D eigenvalue weighted by Crippen LogP contribution is -2.14. The van der Waals surface area contributed by atoms with Gasteiger partial charge in [-0.05, 0) is 24.1 Å². The Balaban J connectivity index is 2.10. The van der Waals surface area contributed by atoms with E-state index in [1.807, 2.05) is 6.07 Å². The molecule has 0 bridgehead atoms. The molecular formula is C16H20ClNO2S. The molecule has 5 heteroatoms. The lowest BCUT2D eigenvalue weighted by molar-refractivity contribution is 0.294. The summed E-state index contributed by atoms with van der Waals surface area (Å²) in [6.45, 7) is 4.29. The SMILES string of the molecule is CCNCc1cc(Cl)cc(OC)c1OCCc1cccs1. The number of nitrogens with one attached hydrogen (secondary N) is 1. The Bertz CT molecular complexity index is 558. The lowest BCUT2D eigenvalue weighted by Gasteiger charge is -2.16. The number of halogens is 1. The minimum atomic E-state index is 0.623. The van der Waals surface area contributed by atoms with E-state index in [2.05, 4.69) is 29.8 Å². The van der Waals surface area contributed by atoms with Crippen molar-refractivity contribution in [3.8, 4) is 11.5 Å². The van der Waals surface area contributed by atoms with Gasteiger partial charge in [0.1, 0.15) is 0 Å². The van der Waals surface area contributed by atoms with Crippen LogP contribution in [-0.2, 0) is 13.0 Å². The van der Waals surface area contributed by atoms with Crippen molar-refractivity contribution in [2.45, 2.75) is 19.9 Å². The van der Waals surface area contributed by atoms with Crippen LogP contribution in [-0.4, -0.2) is 20.3 Å². The first-order valence-corrected chi connectivity index (χ1v) is 8.22. The van der Waals surface area contributed by atoms with Crippen LogP contribution in [0.3, 0.4) is 0 Å². The van der Waals surface area contributed by atoms with Crippen LogP contribution in [0, 0.1) is 0 Å². The Labute approximate surface area is 134 Å². The van der Waals surface area contributed by atoms with E-state index in [1.165, 1.54) is 4.88 Å². The smallest absolute Gasteiger partial charge is 0.165 e. The average Bonchev–Trinajstić information content (AvgIpc) is 2.99. The second kappa shape index (κ2) is 8.27. The Kier molecular flexibility index (Phi) is 6.36. The number of benzene rings is 1. The maximum Gasteiger partial charge on any atom is 0.165 e. The molecule has 3 nitrogen and oxygen atoms in total. The monoisotopic (exact) mass is 325 g/mol.